The SMILES string of the molecule is CCC(C)N(CC(=O)N(Cc1cccn1Cc1ccccc1Cl)C1CCCCC1)C(=O)Nc1c(Cl)cccc1Cl. The third-order valence-corrected chi connectivity index (χ3v) is 8.77. The maximum atomic E-state index is 14.0. The number of hydrogen-bond donors (Lipinski definition) is 1. The highest BCUT2D eigenvalue weighted by Crippen LogP contribution is 2.31. The number of rotatable bonds is 10. The van der Waals surface area contributed by atoms with Gasteiger partial charge in [0.25, 0.3) is 0 Å². The number of halogens is 3. The van der Waals surface area contributed by atoms with Crippen LogP contribution >= 0.6 is 34.8 Å². The van der Waals surface area contributed by atoms with Crippen LogP contribution in [0.25, 0.3) is 0 Å². The summed E-state index contributed by atoms with van der Waals surface area (Å²) in [6.07, 6.45) is 8.01. The van der Waals surface area contributed by atoms with Crippen LogP contribution in [0.3, 0.4) is 0 Å². The number of para-hydroxylation sites is 1. The van der Waals surface area contributed by atoms with Crippen LogP contribution in [0.4, 0.5) is 10.5 Å². The van der Waals surface area contributed by atoms with Gasteiger partial charge in [-0.25, -0.2) is 4.79 Å². The average Bonchev–Trinajstić information content (AvgIpc) is 3.40. The lowest BCUT2D eigenvalue weighted by Gasteiger charge is -2.37. The molecule has 40 heavy (non-hydrogen) atoms. The summed E-state index contributed by atoms with van der Waals surface area (Å²) in [4.78, 5) is 31.1. The fraction of sp³-hybridized carbons (Fsp3) is 0.419. The number of anilines is 1. The number of carbonyl (C=O) groups excluding carboxylic acids is 2. The van der Waals surface area contributed by atoms with Gasteiger partial charge < -0.3 is 19.7 Å². The molecule has 214 valence electrons. The lowest BCUT2D eigenvalue weighted by atomic mass is 9.94. The van der Waals surface area contributed by atoms with Crippen LogP contribution in [-0.4, -0.2) is 44.9 Å². The topological polar surface area (TPSA) is 57.6 Å². The van der Waals surface area contributed by atoms with E-state index in [4.69, 9.17) is 34.8 Å². The Bertz CT molecular complexity index is 1280. The number of aromatic nitrogens is 1. The van der Waals surface area contributed by atoms with Crippen molar-refractivity contribution >= 4 is 52.4 Å². The fourth-order valence-corrected chi connectivity index (χ4v) is 5.91. The predicted molar refractivity (Wildman–Crippen MR) is 164 cm³/mol. The Kier molecular flexibility index (Phi) is 10.8. The predicted octanol–water partition coefficient (Wildman–Crippen LogP) is 8.49. The molecule has 1 aromatic heterocycles. The molecule has 0 spiro atoms. The van der Waals surface area contributed by atoms with Crippen molar-refractivity contribution in [2.45, 2.75) is 77.5 Å². The highest BCUT2D eigenvalue weighted by atomic mass is 35.5. The van der Waals surface area contributed by atoms with Crippen LogP contribution < -0.4 is 5.32 Å². The quantitative estimate of drug-likeness (QED) is 0.253. The first-order valence-corrected chi connectivity index (χ1v) is 15.1. The molecular weight excluding hydrogens is 567 g/mol. The first kappa shape index (κ1) is 30.3. The molecule has 1 atom stereocenters. The van der Waals surface area contributed by atoms with E-state index in [9.17, 15) is 9.59 Å². The van der Waals surface area contributed by atoms with E-state index >= 15 is 0 Å². The lowest BCUT2D eigenvalue weighted by molar-refractivity contribution is -0.136. The van der Waals surface area contributed by atoms with Gasteiger partial charge in [-0.3, -0.25) is 4.79 Å². The normalized spacial score (nSPS) is 14.5. The molecule has 1 N–H and O–H groups in total. The van der Waals surface area contributed by atoms with Crippen molar-refractivity contribution < 1.29 is 9.59 Å². The maximum absolute atomic E-state index is 14.0. The summed E-state index contributed by atoms with van der Waals surface area (Å²) in [5.74, 6) is -0.0712. The molecule has 1 fully saturated rings. The van der Waals surface area contributed by atoms with Crippen molar-refractivity contribution in [3.05, 3.63) is 87.1 Å². The molecule has 9 heteroatoms. The molecule has 0 bridgehead atoms. The van der Waals surface area contributed by atoms with Crippen molar-refractivity contribution in [1.82, 2.24) is 14.4 Å². The Labute approximate surface area is 252 Å². The highest BCUT2D eigenvalue weighted by molar-refractivity contribution is 6.39. The summed E-state index contributed by atoms with van der Waals surface area (Å²) in [6.45, 7) is 4.99. The van der Waals surface area contributed by atoms with Crippen LogP contribution in [0.2, 0.25) is 15.1 Å². The number of hydrogen-bond acceptors (Lipinski definition) is 2. The molecule has 4 rings (SSSR count). The molecule has 1 heterocycles. The number of nitrogens with one attached hydrogen (secondary N) is 1. The van der Waals surface area contributed by atoms with Crippen LogP contribution in [0, 0.1) is 0 Å². The van der Waals surface area contributed by atoms with Gasteiger partial charge in [0.2, 0.25) is 5.91 Å². The van der Waals surface area contributed by atoms with Crippen molar-refractivity contribution in [2.75, 3.05) is 11.9 Å². The van der Waals surface area contributed by atoms with E-state index in [-0.39, 0.29) is 24.5 Å². The molecule has 3 amide bonds. The largest absolute Gasteiger partial charge is 0.345 e. The van der Waals surface area contributed by atoms with Gasteiger partial charge in [-0.1, -0.05) is 85.3 Å². The van der Waals surface area contributed by atoms with E-state index in [1.807, 2.05) is 55.3 Å². The van der Waals surface area contributed by atoms with E-state index in [1.54, 1.807) is 23.1 Å². The Morgan fingerprint density at radius 3 is 2.30 bits per heavy atom. The molecule has 1 unspecified atom stereocenters. The van der Waals surface area contributed by atoms with Gasteiger partial charge in [0.05, 0.1) is 22.3 Å². The van der Waals surface area contributed by atoms with E-state index in [2.05, 4.69) is 16.0 Å². The van der Waals surface area contributed by atoms with E-state index in [0.29, 0.717) is 35.2 Å². The second-order valence-corrected chi connectivity index (χ2v) is 11.7. The highest BCUT2D eigenvalue weighted by Gasteiger charge is 2.30. The molecule has 1 saturated carbocycles. The number of amides is 3. The standard InChI is InChI=1S/C31H37Cl3N4O2/c1-3-22(2)37(31(40)35-30-27(33)16-9-17-28(30)34)21-29(39)38(24-12-5-4-6-13-24)20-25-14-10-18-36(25)19-23-11-7-8-15-26(23)32/h7-11,14-18,22,24H,3-6,12-13,19-21H2,1-2H3,(H,35,40). The monoisotopic (exact) mass is 602 g/mol. The molecule has 1 aliphatic rings. The molecule has 3 aromatic rings. The Morgan fingerprint density at radius 1 is 0.950 bits per heavy atom. The third kappa shape index (κ3) is 7.54. The van der Waals surface area contributed by atoms with Gasteiger partial charge in [-0.15, -0.1) is 0 Å². The van der Waals surface area contributed by atoms with Crippen molar-refractivity contribution in [3.8, 4) is 0 Å². The average molecular weight is 604 g/mol. The maximum Gasteiger partial charge on any atom is 0.322 e. The second kappa shape index (κ2) is 14.3. The Balaban J connectivity index is 1.56. The van der Waals surface area contributed by atoms with Crippen LogP contribution in [0.15, 0.2) is 60.8 Å². The van der Waals surface area contributed by atoms with Crippen LogP contribution in [0.5, 0.6) is 0 Å². The van der Waals surface area contributed by atoms with Gasteiger partial charge in [0.15, 0.2) is 0 Å². The molecule has 0 saturated heterocycles. The van der Waals surface area contributed by atoms with E-state index < -0.39 is 6.03 Å². The van der Waals surface area contributed by atoms with Gasteiger partial charge >= 0.3 is 6.03 Å². The first-order chi connectivity index (χ1) is 19.3. The number of benzene rings is 2. The van der Waals surface area contributed by atoms with E-state index in [1.165, 1.54) is 6.42 Å². The Morgan fingerprint density at radius 2 is 1.62 bits per heavy atom. The smallest absolute Gasteiger partial charge is 0.322 e. The van der Waals surface area contributed by atoms with Gasteiger partial charge in [-0.05, 0) is 62.1 Å². The zero-order valence-corrected chi connectivity index (χ0v) is 25.4. The summed E-state index contributed by atoms with van der Waals surface area (Å²) in [7, 11) is 0. The third-order valence-electron chi connectivity index (χ3n) is 7.77. The minimum absolute atomic E-state index is 0.0371. The summed E-state index contributed by atoms with van der Waals surface area (Å²) >= 11 is 19.1. The number of urea groups is 1. The fourth-order valence-electron chi connectivity index (χ4n) is 5.23. The molecule has 0 aliphatic heterocycles. The molecule has 1 aliphatic carbocycles. The van der Waals surface area contributed by atoms with Crippen LogP contribution in [0.1, 0.15) is 63.6 Å². The lowest BCUT2D eigenvalue weighted by Crippen LogP contribution is -2.50. The number of nitrogens with zero attached hydrogens (tertiary/aromatic N) is 3. The molecule has 6 nitrogen and oxygen atoms in total. The van der Waals surface area contributed by atoms with Crippen molar-refractivity contribution in [2.24, 2.45) is 0 Å². The number of carbonyl (C=O) groups is 2. The molecular formula is C31H37Cl3N4O2. The van der Waals surface area contributed by atoms with Crippen molar-refractivity contribution in [3.63, 3.8) is 0 Å². The minimum Gasteiger partial charge on any atom is -0.345 e. The zero-order valence-electron chi connectivity index (χ0n) is 23.1. The minimum atomic E-state index is -0.400. The molecule has 2 aromatic carbocycles. The summed E-state index contributed by atoms with van der Waals surface area (Å²) in [5, 5.41) is 4.25. The molecule has 0 radical (unpaired) electrons. The van der Waals surface area contributed by atoms with Gasteiger partial charge in [0.1, 0.15) is 6.54 Å². The Hall–Kier alpha value is -2.67. The van der Waals surface area contributed by atoms with Gasteiger partial charge in [0, 0.05) is 35.5 Å². The van der Waals surface area contributed by atoms with Crippen molar-refractivity contribution in [1.29, 1.82) is 0 Å². The second-order valence-electron chi connectivity index (χ2n) is 10.4. The van der Waals surface area contributed by atoms with Crippen LogP contribution in [-0.2, 0) is 17.9 Å². The van der Waals surface area contributed by atoms with E-state index in [0.717, 1.165) is 42.0 Å². The summed E-state index contributed by atoms with van der Waals surface area (Å²) in [6, 6.07) is 16.5. The zero-order chi connectivity index (χ0) is 28.6. The van der Waals surface area contributed by atoms with Gasteiger partial charge in [-0.2, -0.15) is 0 Å². The summed E-state index contributed by atoms with van der Waals surface area (Å²) < 4.78 is 2.14. The summed E-state index contributed by atoms with van der Waals surface area (Å²) in [5.41, 5.74) is 2.40. The first-order valence-electron chi connectivity index (χ1n) is 14.0.